The van der Waals surface area contributed by atoms with Crippen molar-refractivity contribution in [3.05, 3.63) is 71.3 Å². The first-order chi connectivity index (χ1) is 14.0. The molecule has 0 spiro atoms. The molecule has 1 saturated heterocycles. The molecule has 1 amide bonds. The van der Waals surface area contributed by atoms with Gasteiger partial charge in [0.2, 0.25) is 0 Å². The maximum Gasteiger partial charge on any atom is 0.295 e. The van der Waals surface area contributed by atoms with Gasteiger partial charge in [-0.25, -0.2) is 0 Å². The number of methoxy groups -OCH3 is 1. The lowest BCUT2D eigenvalue weighted by Gasteiger charge is -2.26. The highest BCUT2D eigenvalue weighted by Crippen LogP contribution is 2.40. The number of Topliss-reactive ketones (excluding diaryl/α,β-unsaturated/α-hetero) is 1. The number of amides is 1. The molecule has 152 valence electrons. The third kappa shape index (κ3) is 4.17. The summed E-state index contributed by atoms with van der Waals surface area (Å²) in [6.07, 6.45) is 0.720. The smallest absolute Gasteiger partial charge is 0.295 e. The Morgan fingerprint density at radius 3 is 2.38 bits per heavy atom. The van der Waals surface area contributed by atoms with Gasteiger partial charge in [-0.05, 0) is 44.8 Å². The predicted molar refractivity (Wildman–Crippen MR) is 112 cm³/mol. The van der Waals surface area contributed by atoms with E-state index in [1.807, 2.05) is 49.3 Å². The number of nitrogens with zero attached hydrogens (tertiary/aromatic N) is 2. The van der Waals surface area contributed by atoms with E-state index in [4.69, 9.17) is 4.74 Å². The molecule has 1 atom stereocenters. The number of aliphatic hydroxyl groups is 1. The van der Waals surface area contributed by atoms with Crippen LogP contribution in [0.5, 0.6) is 5.75 Å². The van der Waals surface area contributed by atoms with Crippen LogP contribution in [0.25, 0.3) is 5.76 Å². The topological polar surface area (TPSA) is 70.1 Å². The van der Waals surface area contributed by atoms with Gasteiger partial charge < -0.3 is 19.6 Å². The Hall–Kier alpha value is -3.12. The molecule has 1 aliphatic rings. The lowest BCUT2D eigenvalue weighted by molar-refractivity contribution is -0.139. The number of ketones is 1. The summed E-state index contributed by atoms with van der Waals surface area (Å²) in [5, 5.41) is 11.1. The van der Waals surface area contributed by atoms with Crippen LogP contribution < -0.4 is 4.74 Å². The molecule has 1 unspecified atom stereocenters. The minimum atomic E-state index is -0.674. The number of aliphatic hydroxyl groups excluding tert-OH is 1. The highest BCUT2D eigenvalue weighted by atomic mass is 16.5. The van der Waals surface area contributed by atoms with Crippen LogP contribution in [0.1, 0.15) is 23.6 Å². The molecule has 1 N–H and O–H groups in total. The second kappa shape index (κ2) is 8.92. The lowest BCUT2D eigenvalue weighted by Crippen LogP contribution is -2.32. The Labute approximate surface area is 171 Å². The highest BCUT2D eigenvalue weighted by Gasteiger charge is 2.45. The van der Waals surface area contributed by atoms with Gasteiger partial charge in [-0.1, -0.05) is 42.5 Å². The molecule has 1 aliphatic heterocycles. The molecule has 6 nitrogen and oxygen atoms in total. The molecule has 0 radical (unpaired) electrons. The monoisotopic (exact) mass is 394 g/mol. The molecule has 1 heterocycles. The maximum atomic E-state index is 13.0. The van der Waals surface area contributed by atoms with Crippen molar-refractivity contribution in [1.29, 1.82) is 0 Å². The number of ether oxygens (including phenoxy) is 1. The Kier molecular flexibility index (Phi) is 6.34. The van der Waals surface area contributed by atoms with E-state index in [2.05, 4.69) is 0 Å². The molecule has 1 fully saturated rings. The van der Waals surface area contributed by atoms with Crippen LogP contribution in [0.15, 0.2) is 60.2 Å². The van der Waals surface area contributed by atoms with Gasteiger partial charge >= 0.3 is 0 Å². The zero-order valence-electron chi connectivity index (χ0n) is 17.0. The summed E-state index contributed by atoms with van der Waals surface area (Å²) >= 11 is 0. The van der Waals surface area contributed by atoms with Gasteiger partial charge in [-0.15, -0.1) is 0 Å². The normalized spacial score (nSPS) is 18.5. The van der Waals surface area contributed by atoms with E-state index >= 15 is 0 Å². The van der Waals surface area contributed by atoms with E-state index in [0.717, 1.165) is 18.5 Å². The van der Waals surface area contributed by atoms with Crippen LogP contribution in [0, 0.1) is 0 Å². The second-order valence-electron chi connectivity index (χ2n) is 7.26. The fraction of sp³-hybridized carbons (Fsp3) is 0.304. The van der Waals surface area contributed by atoms with Crippen LogP contribution in [0.4, 0.5) is 0 Å². The molecule has 0 aliphatic carbocycles. The number of carbonyl (C=O) groups is 2. The largest absolute Gasteiger partial charge is 0.507 e. The van der Waals surface area contributed by atoms with Crippen molar-refractivity contribution in [2.24, 2.45) is 0 Å². The first-order valence-electron chi connectivity index (χ1n) is 9.57. The summed E-state index contributed by atoms with van der Waals surface area (Å²) in [5.74, 6) is -1.04. The van der Waals surface area contributed by atoms with Gasteiger partial charge in [0, 0.05) is 6.54 Å². The average Bonchev–Trinajstić information content (AvgIpc) is 2.98. The summed E-state index contributed by atoms with van der Waals surface area (Å²) in [6, 6.07) is 15.6. The Morgan fingerprint density at radius 1 is 1.07 bits per heavy atom. The summed E-state index contributed by atoms with van der Waals surface area (Å²) in [4.78, 5) is 29.4. The fourth-order valence-corrected chi connectivity index (χ4v) is 3.64. The molecule has 2 aromatic rings. The van der Waals surface area contributed by atoms with Crippen LogP contribution in [-0.2, 0) is 9.59 Å². The number of hydrogen-bond acceptors (Lipinski definition) is 5. The number of rotatable bonds is 7. The van der Waals surface area contributed by atoms with Crippen molar-refractivity contribution in [3.8, 4) is 5.75 Å². The summed E-state index contributed by atoms with van der Waals surface area (Å²) in [5.41, 5.74) is 1.27. The van der Waals surface area contributed by atoms with E-state index < -0.39 is 17.7 Å². The number of likely N-dealkylation sites (tertiary alicyclic amines) is 1. The van der Waals surface area contributed by atoms with Crippen LogP contribution >= 0.6 is 0 Å². The van der Waals surface area contributed by atoms with Gasteiger partial charge in [0.15, 0.2) is 0 Å². The molecule has 3 rings (SSSR count). The van der Waals surface area contributed by atoms with Gasteiger partial charge in [0.05, 0.1) is 24.3 Å². The van der Waals surface area contributed by atoms with E-state index in [1.165, 1.54) is 7.11 Å². The highest BCUT2D eigenvalue weighted by molar-refractivity contribution is 6.46. The maximum absolute atomic E-state index is 13.0. The molecule has 6 heteroatoms. The fourth-order valence-electron chi connectivity index (χ4n) is 3.64. The molecule has 0 bridgehead atoms. The third-order valence-corrected chi connectivity index (χ3v) is 5.02. The second-order valence-corrected chi connectivity index (χ2v) is 7.26. The van der Waals surface area contributed by atoms with Crippen molar-refractivity contribution in [1.82, 2.24) is 9.80 Å². The summed E-state index contributed by atoms with van der Waals surface area (Å²) in [7, 11) is 5.43. The molecule has 0 saturated carbocycles. The van der Waals surface area contributed by atoms with Crippen LogP contribution in [0.2, 0.25) is 0 Å². The van der Waals surface area contributed by atoms with Crippen molar-refractivity contribution in [2.45, 2.75) is 12.5 Å². The standard InChI is InChI=1S/C23H26N2O4/c1-24(2)14-9-15-25-20(16-10-5-4-6-11-16)19(22(27)23(25)28)21(26)17-12-7-8-13-18(17)29-3/h4-8,10-13,20,26H,9,14-15H2,1-3H3/b21-19+. The molecule has 29 heavy (non-hydrogen) atoms. The quantitative estimate of drug-likeness (QED) is 0.444. The molecular weight excluding hydrogens is 368 g/mol. The average molecular weight is 394 g/mol. The van der Waals surface area contributed by atoms with Gasteiger partial charge in [-0.3, -0.25) is 9.59 Å². The van der Waals surface area contributed by atoms with Gasteiger partial charge in [-0.2, -0.15) is 0 Å². The van der Waals surface area contributed by atoms with Crippen LogP contribution in [0.3, 0.4) is 0 Å². The first-order valence-corrected chi connectivity index (χ1v) is 9.57. The van der Waals surface area contributed by atoms with Gasteiger partial charge in [0.1, 0.15) is 11.5 Å². The number of hydrogen-bond donors (Lipinski definition) is 1. The Balaban J connectivity index is 2.11. The van der Waals surface area contributed by atoms with E-state index in [0.29, 0.717) is 17.9 Å². The van der Waals surface area contributed by atoms with Crippen molar-refractivity contribution in [2.75, 3.05) is 34.3 Å². The van der Waals surface area contributed by atoms with Crippen molar-refractivity contribution in [3.63, 3.8) is 0 Å². The third-order valence-electron chi connectivity index (χ3n) is 5.02. The lowest BCUT2D eigenvalue weighted by atomic mass is 9.95. The Morgan fingerprint density at radius 2 is 1.72 bits per heavy atom. The molecular formula is C23H26N2O4. The first kappa shape index (κ1) is 20.6. The van der Waals surface area contributed by atoms with E-state index in [9.17, 15) is 14.7 Å². The predicted octanol–water partition coefficient (Wildman–Crippen LogP) is 3.07. The summed E-state index contributed by atoms with van der Waals surface area (Å²) in [6.45, 7) is 1.21. The zero-order chi connectivity index (χ0) is 21.0. The summed E-state index contributed by atoms with van der Waals surface area (Å²) < 4.78 is 5.34. The number of carbonyl (C=O) groups excluding carboxylic acids is 2. The minimum Gasteiger partial charge on any atom is -0.507 e. The van der Waals surface area contributed by atoms with Crippen LogP contribution in [-0.4, -0.2) is 60.9 Å². The van der Waals surface area contributed by atoms with E-state index in [1.54, 1.807) is 29.2 Å². The number of para-hydroxylation sites is 1. The molecule has 0 aromatic heterocycles. The minimum absolute atomic E-state index is 0.0931. The number of benzene rings is 2. The molecule has 2 aromatic carbocycles. The van der Waals surface area contributed by atoms with E-state index in [-0.39, 0.29) is 11.3 Å². The van der Waals surface area contributed by atoms with Crippen molar-refractivity contribution >= 4 is 17.4 Å². The Bertz CT molecular complexity index is 921. The zero-order valence-corrected chi connectivity index (χ0v) is 17.0. The van der Waals surface area contributed by atoms with Gasteiger partial charge in [0.25, 0.3) is 11.7 Å². The van der Waals surface area contributed by atoms with Crippen molar-refractivity contribution < 1.29 is 19.4 Å². The SMILES string of the molecule is COc1ccccc1/C(O)=C1\C(=O)C(=O)N(CCCN(C)C)C1c1ccccc1.